The number of amides is 1. The Balaban J connectivity index is 1.18. The van der Waals surface area contributed by atoms with Gasteiger partial charge in [0, 0.05) is 71.0 Å². The van der Waals surface area contributed by atoms with Crippen molar-refractivity contribution >= 4 is 33.3 Å². The SMILES string of the molecule is O=C1CCc2cc(S(=O)(=O)N3CCN(c4ccc(N5CCN(CCO)CC5)nn4)CC3)ccc2N1. The van der Waals surface area contributed by atoms with E-state index in [0.717, 1.165) is 43.4 Å². The van der Waals surface area contributed by atoms with Crippen molar-refractivity contribution in [1.82, 2.24) is 19.4 Å². The summed E-state index contributed by atoms with van der Waals surface area (Å²) in [6.07, 6.45) is 0.917. The lowest BCUT2D eigenvalue weighted by Gasteiger charge is -2.36. The summed E-state index contributed by atoms with van der Waals surface area (Å²) in [7, 11) is -3.61. The largest absolute Gasteiger partial charge is 0.395 e. The molecule has 0 atom stereocenters. The number of nitrogens with zero attached hydrogens (tertiary/aromatic N) is 6. The summed E-state index contributed by atoms with van der Waals surface area (Å²) in [6.45, 7) is 6.15. The maximum absolute atomic E-state index is 13.2. The zero-order chi connectivity index (χ0) is 24.4. The standard InChI is InChI=1S/C23H31N7O4S/c31-16-15-27-7-9-28(10-8-27)21-4-5-22(26-25-21)29-11-13-30(14-12-29)35(33,34)19-2-3-20-18(17-19)1-6-23(32)24-20/h2-5,17,31H,1,6-16H2,(H,24,32). The van der Waals surface area contributed by atoms with Gasteiger partial charge in [-0.05, 0) is 42.3 Å². The molecule has 0 saturated carbocycles. The molecule has 0 bridgehead atoms. The van der Waals surface area contributed by atoms with Crippen molar-refractivity contribution in [3.8, 4) is 0 Å². The maximum atomic E-state index is 13.2. The molecule has 0 aliphatic carbocycles. The van der Waals surface area contributed by atoms with Crippen LogP contribution in [0.15, 0.2) is 35.2 Å². The normalized spacial score (nSPS) is 20.0. The third kappa shape index (κ3) is 5.10. The zero-order valence-electron chi connectivity index (χ0n) is 19.6. The van der Waals surface area contributed by atoms with Crippen LogP contribution in [0.2, 0.25) is 0 Å². The van der Waals surface area contributed by atoms with Gasteiger partial charge in [0.25, 0.3) is 0 Å². The van der Waals surface area contributed by atoms with E-state index in [1.165, 1.54) is 4.31 Å². The summed E-state index contributed by atoms with van der Waals surface area (Å²) in [4.78, 5) is 18.3. The van der Waals surface area contributed by atoms with E-state index in [1.54, 1.807) is 18.2 Å². The molecule has 3 aliphatic heterocycles. The fraction of sp³-hybridized carbons (Fsp3) is 0.522. The number of aliphatic hydroxyl groups is 1. The van der Waals surface area contributed by atoms with Crippen LogP contribution in [0.25, 0.3) is 0 Å². The summed E-state index contributed by atoms with van der Waals surface area (Å²) < 4.78 is 28.0. The molecule has 3 aliphatic rings. The van der Waals surface area contributed by atoms with Crippen LogP contribution in [-0.4, -0.2) is 104 Å². The van der Waals surface area contributed by atoms with Crippen LogP contribution >= 0.6 is 0 Å². The smallest absolute Gasteiger partial charge is 0.243 e. The van der Waals surface area contributed by atoms with E-state index in [0.29, 0.717) is 51.3 Å². The van der Waals surface area contributed by atoms with Crippen LogP contribution in [-0.2, 0) is 21.2 Å². The second-order valence-electron chi connectivity index (χ2n) is 9.06. The molecule has 0 spiro atoms. The third-order valence-corrected chi connectivity index (χ3v) is 8.82. The van der Waals surface area contributed by atoms with E-state index in [9.17, 15) is 13.2 Å². The molecule has 5 rings (SSSR count). The topological polar surface area (TPSA) is 122 Å². The van der Waals surface area contributed by atoms with Crippen molar-refractivity contribution in [3.63, 3.8) is 0 Å². The average molecular weight is 502 g/mol. The van der Waals surface area contributed by atoms with Gasteiger partial charge in [0.2, 0.25) is 15.9 Å². The van der Waals surface area contributed by atoms with Crippen molar-refractivity contribution in [2.75, 3.05) is 80.6 Å². The van der Waals surface area contributed by atoms with Gasteiger partial charge in [-0.15, -0.1) is 10.2 Å². The Kier molecular flexibility index (Phi) is 6.87. The number of nitrogens with one attached hydrogen (secondary N) is 1. The van der Waals surface area contributed by atoms with Gasteiger partial charge in [-0.2, -0.15) is 4.31 Å². The quantitative estimate of drug-likeness (QED) is 0.563. The predicted octanol–water partition coefficient (Wildman–Crippen LogP) is -0.0135. The minimum atomic E-state index is -3.61. The van der Waals surface area contributed by atoms with Gasteiger partial charge >= 0.3 is 0 Å². The van der Waals surface area contributed by atoms with Crippen LogP contribution in [0.5, 0.6) is 0 Å². The molecule has 2 fully saturated rings. The number of hydrogen-bond acceptors (Lipinski definition) is 9. The number of carbonyl (C=O) groups excluding carboxylic acids is 1. The number of benzene rings is 1. The first-order chi connectivity index (χ1) is 16.9. The number of fused-ring (bicyclic) bond motifs is 1. The second-order valence-corrected chi connectivity index (χ2v) is 11.0. The molecular formula is C23H31N7O4S. The van der Waals surface area contributed by atoms with E-state index in [2.05, 4.69) is 30.2 Å². The zero-order valence-corrected chi connectivity index (χ0v) is 20.5. The van der Waals surface area contributed by atoms with Gasteiger partial charge in [-0.25, -0.2) is 8.42 Å². The lowest BCUT2D eigenvalue weighted by Crippen LogP contribution is -2.49. The Hall–Kier alpha value is -2.80. The van der Waals surface area contributed by atoms with Gasteiger partial charge in [-0.3, -0.25) is 9.69 Å². The molecule has 0 unspecified atom stereocenters. The van der Waals surface area contributed by atoms with Crippen molar-refractivity contribution in [1.29, 1.82) is 0 Å². The molecule has 1 amide bonds. The Morgan fingerprint density at radius 2 is 1.49 bits per heavy atom. The van der Waals surface area contributed by atoms with Gasteiger partial charge < -0.3 is 20.2 Å². The number of rotatable bonds is 6. The molecule has 1 aromatic heterocycles. The van der Waals surface area contributed by atoms with Crippen molar-refractivity contribution < 1.29 is 18.3 Å². The van der Waals surface area contributed by atoms with Crippen molar-refractivity contribution in [2.45, 2.75) is 17.7 Å². The molecule has 12 heteroatoms. The van der Waals surface area contributed by atoms with Crippen LogP contribution < -0.4 is 15.1 Å². The monoisotopic (exact) mass is 501 g/mol. The number of β-amino-alcohol motifs (C(OH)–C–C–N with tert-alkyl or cyclic N) is 1. The minimum absolute atomic E-state index is 0.0408. The second kappa shape index (κ2) is 10.1. The minimum Gasteiger partial charge on any atom is -0.395 e. The summed E-state index contributed by atoms with van der Waals surface area (Å²) in [6, 6.07) is 8.85. The molecule has 4 heterocycles. The van der Waals surface area contributed by atoms with Crippen LogP contribution in [0, 0.1) is 0 Å². The Labute approximate surface area is 205 Å². The van der Waals surface area contributed by atoms with Gasteiger partial charge in [-0.1, -0.05) is 0 Å². The first kappa shape index (κ1) is 23.9. The van der Waals surface area contributed by atoms with Gasteiger partial charge in [0.15, 0.2) is 11.6 Å². The summed E-state index contributed by atoms with van der Waals surface area (Å²) in [5.41, 5.74) is 1.55. The lowest BCUT2D eigenvalue weighted by atomic mass is 10.0. The molecule has 0 radical (unpaired) electrons. The van der Waals surface area contributed by atoms with Crippen LogP contribution in [0.1, 0.15) is 12.0 Å². The highest BCUT2D eigenvalue weighted by molar-refractivity contribution is 7.89. The third-order valence-electron chi connectivity index (χ3n) is 6.92. The van der Waals surface area contributed by atoms with E-state index in [4.69, 9.17) is 5.11 Å². The van der Waals surface area contributed by atoms with E-state index in [-0.39, 0.29) is 17.4 Å². The summed E-state index contributed by atoms with van der Waals surface area (Å²) in [5.74, 6) is 1.54. The molecule has 11 nitrogen and oxygen atoms in total. The van der Waals surface area contributed by atoms with Crippen molar-refractivity contribution in [3.05, 3.63) is 35.9 Å². The van der Waals surface area contributed by atoms with E-state index in [1.807, 2.05) is 12.1 Å². The number of hydrogen-bond donors (Lipinski definition) is 2. The number of aryl methyl sites for hydroxylation is 1. The van der Waals surface area contributed by atoms with E-state index >= 15 is 0 Å². The van der Waals surface area contributed by atoms with Gasteiger partial charge in [0.1, 0.15) is 0 Å². The number of piperazine rings is 2. The highest BCUT2D eigenvalue weighted by atomic mass is 32.2. The number of carbonyl (C=O) groups is 1. The lowest BCUT2D eigenvalue weighted by molar-refractivity contribution is -0.116. The number of sulfonamides is 1. The molecule has 188 valence electrons. The van der Waals surface area contributed by atoms with E-state index < -0.39 is 10.0 Å². The first-order valence-corrected chi connectivity index (χ1v) is 13.5. The molecule has 1 aromatic carbocycles. The number of aliphatic hydroxyl groups excluding tert-OH is 1. The molecule has 35 heavy (non-hydrogen) atoms. The van der Waals surface area contributed by atoms with Crippen LogP contribution in [0.3, 0.4) is 0 Å². The molecular weight excluding hydrogens is 470 g/mol. The Morgan fingerprint density at radius 1 is 0.857 bits per heavy atom. The Morgan fingerprint density at radius 3 is 2.09 bits per heavy atom. The van der Waals surface area contributed by atoms with Crippen molar-refractivity contribution in [2.24, 2.45) is 0 Å². The highest BCUT2D eigenvalue weighted by Crippen LogP contribution is 2.28. The van der Waals surface area contributed by atoms with Gasteiger partial charge in [0.05, 0.1) is 11.5 Å². The maximum Gasteiger partial charge on any atom is 0.243 e. The molecule has 2 N–H and O–H groups in total. The van der Waals surface area contributed by atoms with Crippen LogP contribution in [0.4, 0.5) is 17.3 Å². The first-order valence-electron chi connectivity index (χ1n) is 12.0. The predicted molar refractivity (Wildman–Crippen MR) is 132 cm³/mol. The molecule has 2 saturated heterocycles. The molecule has 2 aromatic rings. The average Bonchev–Trinajstić information content (AvgIpc) is 2.89. The highest BCUT2D eigenvalue weighted by Gasteiger charge is 2.30. The fourth-order valence-corrected chi connectivity index (χ4v) is 6.30. The summed E-state index contributed by atoms with van der Waals surface area (Å²) >= 11 is 0. The number of aromatic nitrogens is 2. The number of anilines is 3. The Bertz CT molecular complexity index is 1160. The summed E-state index contributed by atoms with van der Waals surface area (Å²) in [5, 5.41) is 20.7. The fourth-order valence-electron chi connectivity index (χ4n) is 4.82.